The molecule has 0 aliphatic carbocycles. The summed E-state index contributed by atoms with van der Waals surface area (Å²) in [5.74, 6) is 0. The van der Waals surface area contributed by atoms with Gasteiger partial charge in [0.05, 0.1) is 17.6 Å². The summed E-state index contributed by atoms with van der Waals surface area (Å²) >= 11 is 0. The highest BCUT2D eigenvalue weighted by atomic mass is 32.2. The molecule has 0 fully saturated rings. The third-order valence-electron chi connectivity index (χ3n) is 3.18. The Morgan fingerprint density at radius 3 is 2.20 bits per heavy atom. The van der Waals surface area contributed by atoms with E-state index in [1.54, 1.807) is 33.1 Å². The second kappa shape index (κ2) is 7.17. The van der Waals surface area contributed by atoms with Crippen LogP contribution in [0.2, 0.25) is 0 Å². The molecule has 0 aromatic heterocycles. The number of hydrogen-bond donors (Lipinski definition) is 1. The molecule has 5 nitrogen and oxygen atoms in total. The zero-order valence-electron chi connectivity index (χ0n) is 12.4. The van der Waals surface area contributed by atoms with Gasteiger partial charge >= 0.3 is 0 Å². The van der Waals surface area contributed by atoms with Crippen LogP contribution in [0.15, 0.2) is 29.2 Å². The SMILES string of the molecule is CCN(C(C)COC)S(=O)(=O)c1ccc(C(C)O)cc1. The molecule has 20 heavy (non-hydrogen) atoms. The summed E-state index contributed by atoms with van der Waals surface area (Å²) in [7, 11) is -1.99. The molecular formula is C14H23NO4S. The minimum Gasteiger partial charge on any atom is -0.389 e. The topological polar surface area (TPSA) is 66.8 Å². The summed E-state index contributed by atoms with van der Waals surface area (Å²) in [5, 5.41) is 9.45. The smallest absolute Gasteiger partial charge is 0.243 e. The van der Waals surface area contributed by atoms with Crippen molar-refractivity contribution in [3.63, 3.8) is 0 Å². The predicted octanol–water partition coefficient (Wildman–Crippen LogP) is 1.79. The van der Waals surface area contributed by atoms with Crippen LogP contribution in [0.5, 0.6) is 0 Å². The fraction of sp³-hybridized carbons (Fsp3) is 0.571. The second-order valence-corrected chi connectivity index (χ2v) is 6.65. The molecule has 0 saturated carbocycles. The second-order valence-electron chi connectivity index (χ2n) is 4.76. The Bertz CT molecular complexity index is 510. The van der Waals surface area contributed by atoms with Gasteiger partial charge in [-0.05, 0) is 31.5 Å². The molecule has 1 rings (SSSR count). The van der Waals surface area contributed by atoms with Crippen molar-refractivity contribution in [3.05, 3.63) is 29.8 Å². The number of sulfonamides is 1. The van der Waals surface area contributed by atoms with E-state index in [2.05, 4.69) is 0 Å². The number of aliphatic hydroxyl groups is 1. The van der Waals surface area contributed by atoms with Crippen LogP contribution < -0.4 is 0 Å². The zero-order chi connectivity index (χ0) is 15.3. The maximum Gasteiger partial charge on any atom is 0.243 e. The molecule has 2 atom stereocenters. The molecule has 0 amide bonds. The lowest BCUT2D eigenvalue weighted by molar-refractivity contribution is 0.142. The molecular weight excluding hydrogens is 278 g/mol. The predicted molar refractivity (Wildman–Crippen MR) is 78.0 cm³/mol. The van der Waals surface area contributed by atoms with Crippen molar-refractivity contribution in [3.8, 4) is 0 Å². The van der Waals surface area contributed by atoms with Crippen molar-refractivity contribution >= 4 is 10.0 Å². The maximum atomic E-state index is 12.6. The van der Waals surface area contributed by atoms with Crippen molar-refractivity contribution in [2.75, 3.05) is 20.3 Å². The minimum absolute atomic E-state index is 0.228. The summed E-state index contributed by atoms with van der Waals surface area (Å²) in [6, 6.07) is 6.09. The summed E-state index contributed by atoms with van der Waals surface area (Å²) in [6.45, 7) is 5.98. The number of aliphatic hydroxyl groups excluding tert-OH is 1. The number of methoxy groups -OCH3 is 1. The van der Waals surface area contributed by atoms with E-state index in [9.17, 15) is 13.5 Å². The summed E-state index contributed by atoms with van der Waals surface area (Å²) < 4.78 is 31.6. The Balaban J connectivity index is 3.07. The Labute approximate surface area is 121 Å². The first-order chi connectivity index (χ1) is 9.34. The van der Waals surface area contributed by atoms with Gasteiger partial charge in [0, 0.05) is 19.7 Å². The van der Waals surface area contributed by atoms with E-state index in [0.717, 1.165) is 0 Å². The third kappa shape index (κ3) is 3.79. The monoisotopic (exact) mass is 301 g/mol. The van der Waals surface area contributed by atoms with E-state index < -0.39 is 16.1 Å². The van der Waals surface area contributed by atoms with Crippen LogP contribution in [0.3, 0.4) is 0 Å². The van der Waals surface area contributed by atoms with Gasteiger partial charge in [-0.2, -0.15) is 4.31 Å². The molecule has 0 aliphatic heterocycles. The molecule has 2 unspecified atom stereocenters. The number of likely N-dealkylation sites (N-methyl/N-ethyl adjacent to an activating group) is 1. The molecule has 1 aromatic carbocycles. The third-order valence-corrected chi connectivity index (χ3v) is 5.28. The first-order valence-corrected chi connectivity index (χ1v) is 8.07. The van der Waals surface area contributed by atoms with Crippen molar-refractivity contribution in [2.24, 2.45) is 0 Å². The first-order valence-electron chi connectivity index (χ1n) is 6.63. The van der Waals surface area contributed by atoms with Crippen LogP contribution in [-0.4, -0.2) is 44.1 Å². The molecule has 0 aliphatic rings. The van der Waals surface area contributed by atoms with Gasteiger partial charge in [0.25, 0.3) is 0 Å². The molecule has 114 valence electrons. The number of ether oxygens (including phenoxy) is 1. The normalized spacial score (nSPS) is 15.3. The molecule has 0 saturated heterocycles. The Hall–Kier alpha value is -0.950. The number of hydrogen-bond acceptors (Lipinski definition) is 4. The van der Waals surface area contributed by atoms with Crippen molar-refractivity contribution in [1.29, 1.82) is 0 Å². The van der Waals surface area contributed by atoms with Gasteiger partial charge in [-0.1, -0.05) is 19.1 Å². The van der Waals surface area contributed by atoms with Crippen molar-refractivity contribution in [2.45, 2.75) is 37.8 Å². The highest BCUT2D eigenvalue weighted by molar-refractivity contribution is 7.89. The van der Waals surface area contributed by atoms with E-state index in [-0.39, 0.29) is 10.9 Å². The minimum atomic E-state index is -3.54. The van der Waals surface area contributed by atoms with E-state index in [1.807, 2.05) is 6.92 Å². The lowest BCUT2D eigenvalue weighted by Crippen LogP contribution is -2.40. The summed E-state index contributed by atoms with van der Waals surface area (Å²) in [6.07, 6.45) is -0.610. The van der Waals surface area contributed by atoms with Gasteiger partial charge in [-0.3, -0.25) is 0 Å². The van der Waals surface area contributed by atoms with Crippen LogP contribution in [0.4, 0.5) is 0 Å². The van der Waals surface area contributed by atoms with Crippen LogP contribution in [0, 0.1) is 0 Å². The lowest BCUT2D eigenvalue weighted by atomic mass is 10.1. The van der Waals surface area contributed by atoms with Crippen LogP contribution >= 0.6 is 0 Å². The highest BCUT2D eigenvalue weighted by Gasteiger charge is 2.27. The zero-order valence-corrected chi connectivity index (χ0v) is 13.2. The Morgan fingerprint density at radius 1 is 1.25 bits per heavy atom. The van der Waals surface area contributed by atoms with Gasteiger partial charge in [-0.15, -0.1) is 0 Å². The van der Waals surface area contributed by atoms with Crippen LogP contribution in [-0.2, 0) is 14.8 Å². The van der Waals surface area contributed by atoms with E-state index in [1.165, 1.54) is 16.4 Å². The molecule has 0 radical (unpaired) electrons. The lowest BCUT2D eigenvalue weighted by Gasteiger charge is -2.26. The first kappa shape index (κ1) is 17.1. The van der Waals surface area contributed by atoms with E-state index in [0.29, 0.717) is 18.7 Å². The quantitative estimate of drug-likeness (QED) is 0.833. The number of rotatable bonds is 7. The molecule has 0 spiro atoms. The Morgan fingerprint density at radius 2 is 1.80 bits per heavy atom. The fourth-order valence-corrected chi connectivity index (χ4v) is 3.72. The van der Waals surface area contributed by atoms with Crippen LogP contribution in [0.25, 0.3) is 0 Å². The van der Waals surface area contributed by atoms with Gasteiger partial charge < -0.3 is 9.84 Å². The van der Waals surface area contributed by atoms with Gasteiger partial charge in [0.2, 0.25) is 10.0 Å². The molecule has 0 bridgehead atoms. The number of nitrogens with zero attached hydrogens (tertiary/aromatic N) is 1. The summed E-state index contributed by atoms with van der Waals surface area (Å²) in [4.78, 5) is 0.228. The molecule has 1 aromatic rings. The molecule has 6 heteroatoms. The van der Waals surface area contributed by atoms with Crippen LogP contribution in [0.1, 0.15) is 32.4 Å². The maximum absolute atomic E-state index is 12.6. The van der Waals surface area contributed by atoms with Gasteiger partial charge in [0.1, 0.15) is 0 Å². The summed E-state index contributed by atoms with van der Waals surface area (Å²) in [5.41, 5.74) is 0.692. The highest BCUT2D eigenvalue weighted by Crippen LogP contribution is 2.21. The standard InChI is InChI=1S/C14H23NO4S/c1-5-15(11(2)10-19-4)20(17,18)14-8-6-13(7-9-14)12(3)16/h6-9,11-12,16H,5,10H2,1-4H3. The number of benzene rings is 1. The molecule has 0 heterocycles. The average Bonchev–Trinajstić information content (AvgIpc) is 2.39. The van der Waals surface area contributed by atoms with Crippen molar-refractivity contribution in [1.82, 2.24) is 4.31 Å². The van der Waals surface area contributed by atoms with E-state index in [4.69, 9.17) is 4.74 Å². The van der Waals surface area contributed by atoms with Gasteiger partial charge in [0.15, 0.2) is 0 Å². The van der Waals surface area contributed by atoms with Gasteiger partial charge in [-0.25, -0.2) is 8.42 Å². The largest absolute Gasteiger partial charge is 0.389 e. The molecule has 1 N–H and O–H groups in total. The van der Waals surface area contributed by atoms with Crippen molar-refractivity contribution < 1.29 is 18.3 Å². The average molecular weight is 301 g/mol. The Kier molecular flexibility index (Phi) is 6.13. The van der Waals surface area contributed by atoms with E-state index >= 15 is 0 Å². The fourth-order valence-electron chi connectivity index (χ4n) is 2.10.